The number of piperidine rings is 1. The molecular weight excluding hydrogens is 208 g/mol. The lowest BCUT2D eigenvalue weighted by Gasteiger charge is -2.37. The van der Waals surface area contributed by atoms with E-state index in [1.165, 1.54) is 45.4 Å². The minimum absolute atomic E-state index is 0.796. The molecule has 104 valence electrons. The van der Waals surface area contributed by atoms with Crippen molar-refractivity contribution in [3.8, 4) is 0 Å². The van der Waals surface area contributed by atoms with Crippen molar-refractivity contribution in [2.45, 2.75) is 59.9 Å². The minimum atomic E-state index is 0.796. The van der Waals surface area contributed by atoms with Gasteiger partial charge in [0, 0.05) is 12.6 Å². The quantitative estimate of drug-likeness (QED) is 0.745. The molecule has 0 atom stereocenters. The van der Waals surface area contributed by atoms with E-state index in [0.717, 1.165) is 12.0 Å². The predicted octanol–water partition coefficient (Wildman–Crippen LogP) is 3.47. The van der Waals surface area contributed by atoms with Gasteiger partial charge in [0.05, 0.1) is 0 Å². The van der Waals surface area contributed by atoms with Gasteiger partial charge in [-0.1, -0.05) is 41.0 Å². The fourth-order valence-electron chi connectivity index (χ4n) is 2.40. The lowest BCUT2D eigenvalue weighted by molar-refractivity contribution is 0.123. The largest absolute Gasteiger partial charge is 0.303 e. The van der Waals surface area contributed by atoms with Gasteiger partial charge in [-0.2, -0.15) is 0 Å². The lowest BCUT2D eigenvalue weighted by Crippen LogP contribution is -2.44. The molecule has 1 saturated heterocycles. The first-order chi connectivity index (χ1) is 8.04. The maximum Gasteiger partial charge on any atom is 0.0117 e. The SMILES string of the molecule is CCC.CCN1CCC(N(C)CC(C)C)CC1. The van der Waals surface area contributed by atoms with Crippen molar-refractivity contribution >= 4 is 0 Å². The van der Waals surface area contributed by atoms with E-state index in [1.54, 1.807) is 0 Å². The van der Waals surface area contributed by atoms with Crippen molar-refractivity contribution in [3.05, 3.63) is 0 Å². The van der Waals surface area contributed by atoms with Crippen LogP contribution in [-0.4, -0.2) is 49.1 Å². The second-order valence-corrected chi connectivity index (χ2v) is 5.71. The van der Waals surface area contributed by atoms with Crippen LogP contribution in [0.25, 0.3) is 0 Å². The van der Waals surface area contributed by atoms with Gasteiger partial charge in [0.25, 0.3) is 0 Å². The highest BCUT2D eigenvalue weighted by molar-refractivity contribution is 4.78. The van der Waals surface area contributed by atoms with Crippen molar-refractivity contribution < 1.29 is 0 Å². The molecule has 0 bridgehead atoms. The van der Waals surface area contributed by atoms with Gasteiger partial charge in [-0.25, -0.2) is 0 Å². The van der Waals surface area contributed by atoms with E-state index >= 15 is 0 Å². The molecule has 1 heterocycles. The second-order valence-electron chi connectivity index (χ2n) is 5.71. The van der Waals surface area contributed by atoms with Gasteiger partial charge in [0.15, 0.2) is 0 Å². The molecule has 1 fully saturated rings. The summed E-state index contributed by atoms with van der Waals surface area (Å²) in [4.78, 5) is 5.11. The lowest BCUT2D eigenvalue weighted by atomic mass is 10.0. The Kier molecular flexibility index (Phi) is 9.85. The van der Waals surface area contributed by atoms with E-state index in [0.29, 0.717) is 0 Å². The third-order valence-electron chi connectivity index (χ3n) is 3.28. The van der Waals surface area contributed by atoms with Gasteiger partial charge >= 0.3 is 0 Å². The molecule has 0 amide bonds. The van der Waals surface area contributed by atoms with Crippen LogP contribution in [0.5, 0.6) is 0 Å². The fraction of sp³-hybridized carbons (Fsp3) is 1.00. The summed E-state index contributed by atoms with van der Waals surface area (Å²) in [6, 6.07) is 0.834. The molecule has 0 radical (unpaired) electrons. The fourth-order valence-corrected chi connectivity index (χ4v) is 2.40. The van der Waals surface area contributed by atoms with Gasteiger partial charge in [0.1, 0.15) is 0 Å². The molecule has 0 unspecified atom stereocenters. The highest BCUT2D eigenvalue weighted by atomic mass is 15.2. The Morgan fingerprint density at radius 2 is 1.59 bits per heavy atom. The Bertz CT molecular complexity index is 160. The highest BCUT2D eigenvalue weighted by Crippen LogP contribution is 2.15. The Labute approximate surface area is 109 Å². The maximum absolute atomic E-state index is 2.56. The van der Waals surface area contributed by atoms with Crippen LogP contribution >= 0.6 is 0 Å². The summed E-state index contributed by atoms with van der Waals surface area (Å²) in [7, 11) is 2.28. The molecule has 17 heavy (non-hydrogen) atoms. The summed E-state index contributed by atoms with van der Waals surface area (Å²) in [5.41, 5.74) is 0. The summed E-state index contributed by atoms with van der Waals surface area (Å²) in [6.07, 6.45) is 3.97. The number of hydrogen-bond acceptors (Lipinski definition) is 2. The molecule has 0 aromatic rings. The maximum atomic E-state index is 2.56. The Balaban J connectivity index is 0.000000770. The third-order valence-corrected chi connectivity index (χ3v) is 3.28. The first-order valence-electron chi connectivity index (χ1n) is 7.47. The minimum Gasteiger partial charge on any atom is -0.303 e. The van der Waals surface area contributed by atoms with Crippen molar-refractivity contribution in [2.24, 2.45) is 5.92 Å². The van der Waals surface area contributed by atoms with Crippen LogP contribution in [0.15, 0.2) is 0 Å². The summed E-state index contributed by atoms with van der Waals surface area (Å²) in [5.74, 6) is 0.796. The van der Waals surface area contributed by atoms with Crippen LogP contribution in [0, 0.1) is 5.92 Å². The monoisotopic (exact) mass is 242 g/mol. The number of nitrogens with zero attached hydrogens (tertiary/aromatic N) is 2. The Morgan fingerprint density at radius 3 is 1.94 bits per heavy atom. The summed E-state index contributed by atoms with van der Waals surface area (Å²) in [5, 5.41) is 0. The van der Waals surface area contributed by atoms with E-state index in [-0.39, 0.29) is 0 Å². The molecule has 0 N–H and O–H groups in total. The molecule has 0 spiro atoms. The van der Waals surface area contributed by atoms with Gasteiger partial charge in [-0.15, -0.1) is 0 Å². The number of rotatable bonds is 4. The average Bonchev–Trinajstić information content (AvgIpc) is 2.29. The van der Waals surface area contributed by atoms with E-state index in [9.17, 15) is 0 Å². The van der Waals surface area contributed by atoms with Gasteiger partial charge < -0.3 is 9.80 Å². The first kappa shape index (κ1) is 16.9. The van der Waals surface area contributed by atoms with Crippen LogP contribution < -0.4 is 0 Å². The summed E-state index contributed by atoms with van der Waals surface area (Å²) < 4.78 is 0. The van der Waals surface area contributed by atoms with Crippen molar-refractivity contribution in [1.29, 1.82) is 0 Å². The van der Waals surface area contributed by atoms with E-state index < -0.39 is 0 Å². The smallest absolute Gasteiger partial charge is 0.0117 e. The van der Waals surface area contributed by atoms with Gasteiger partial charge in [-0.3, -0.25) is 0 Å². The summed E-state index contributed by atoms with van der Waals surface area (Å²) >= 11 is 0. The normalized spacial score (nSPS) is 18.4. The van der Waals surface area contributed by atoms with E-state index in [2.05, 4.69) is 51.5 Å². The van der Waals surface area contributed by atoms with Crippen LogP contribution in [0.2, 0.25) is 0 Å². The zero-order valence-corrected chi connectivity index (χ0v) is 13.0. The molecular formula is C15H34N2. The molecule has 2 heteroatoms. The summed E-state index contributed by atoms with van der Waals surface area (Å²) in [6.45, 7) is 16.2. The molecule has 1 aliphatic heterocycles. The predicted molar refractivity (Wildman–Crippen MR) is 78.6 cm³/mol. The zero-order valence-electron chi connectivity index (χ0n) is 13.0. The van der Waals surface area contributed by atoms with Crippen LogP contribution in [-0.2, 0) is 0 Å². The van der Waals surface area contributed by atoms with Crippen LogP contribution in [0.4, 0.5) is 0 Å². The van der Waals surface area contributed by atoms with Crippen molar-refractivity contribution in [3.63, 3.8) is 0 Å². The number of hydrogen-bond donors (Lipinski definition) is 0. The molecule has 2 nitrogen and oxygen atoms in total. The highest BCUT2D eigenvalue weighted by Gasteiger charge is 2.21. The van der Waals surface area contributed by atoms with Crippen LogP contribution in [0.3, 0.4) is 0 Å². The Morgan fingerprint density at radius 1 is 1.12 bits per heavy atom. The molecule has 1 rings (SSSR count). The number of likely N-dealkylation sites (tertiary alicyclic amines) is 1. The Hall–Kier alpha value is -0.0800. The van der Waals surface area contributed by atoms with E-state index in [1.807, 2.05) is 0 Å². The van der Waals surface area contributed by atoms with Gasteiger partial charge in [-0.05, 0) is 45.4 Å². The topological polar surface area (TPSA) is 6.48 Å². The van der Waals surface area contributed by atoms with Crippen LogP contribution in [0.1, 0.15) is 53.9 Å². The molecule has 0 aromatic heterocycles. The molecule has 1 aliphatic rings. The molecule has 0 aliphatic carbocycles. The molecule has 0 saturated carbocycles. The zero-order chi connectivity index (χ0) is 13.3. The van der Waals surface area contributed by atoms with Crippen molar-refractivity contribution in [2.75, 3.05) is 33.2 Å². The first-order valence-corrected chi connectivity index (χ1v) is 7.47. The molecule has 0 aromatic carbocycles. The van der Waals surface area contributed by atoms with Crippen molar-refractivity contribution in [1.82, 2.24) is 9.80 Å². The third kappa shape index (κ3) is 7.77. The van der Waals surface area contributed by atoms with E-state index in [4.69, 9.17) is 0 Å². The standard InChI is InChI=1S/C12H26N2.C3H8/c1-5-14-8-6-12(7-9-14)13(4)10-11(2)3;1-3-2/h11-12H,5-10H2,1-4H3;3H2,1-2H3. The average molecular weight is 242 g/mol. The second kappa shape index (κ2) is 9.90. The van der Waals surface area contributed by atoms with Gasteiger partial charge in [0.2, 0.25) is 0 Å².